The number of hydrogen-bond donors (Lipinski definition) is 0. The molecule has 0 saturated heterocycles. The van der Waals surface area contributed by atoms with Gasteiger partial charge in [0.15, 0.2) is 11.5 Å². The van der Waals surface area contributed by atoms with Crippen LogP contribution in [0.25, 0.3) is 0 Å². The average Bonchev–Trinajstić information content (AvgIpc) is 2.77. The van der Waals surface area contributed by atoms with Gasteiger partial charge in [-0.1, -0.05) is 38.8 Å². The van der Waals surface area contributed by atoms with Crippen LogP contribution in [-0.4, -0.2) is 49.8 Å². The molecule has 2 atom stereocenters. The Kier molecular flexibility index (Phi) is 7.15. The van der Waals surface area contributed by atoms with Gasteiger partial charge in [-0.05, 0) is 39.1 Å². The van der Waals surface area contributed by atoms with Crippen LogP contribution in [0.3, 0.4) is 0 Å². The Hall–Kier alpha value is -1.30. The van der Waals surface area contributed by atoms with Gasteiger partial charge in [-0.15, -0.1) is 0 Å². The topological polar surface area (TPSA) is 34.2 Å². The molecule has 5 nitrogen and oxygen atoms in total. The largest absolute Gasteiger partial charge is 0.447 e. The highest BCUT2D eigenvalue weighted by Gasteiger charge is 2.30. The van der Waals surface area contributed by atoms with Crippen LogP contribution >= 0.6 is 0 Å². The van der Waals surface area contributed by atoms with E-state index in [4.69, 9.17) is 14.2 Å². The van der Waals surface area contributed by atoms with Gasteiger partial charge in [-0.25, -0.2) is 9.80 Å². The van der Waals surface area contributed by atoms with Crippen LogP contribution in [0.1, 0.15) is 39.5 Å². The normalized spacial score (nSPS) is 20.8. The number of para-hydroxylation sites is 2. The Labute approximate surface area is 140 Å². The zero-order valence-corrected chi connectivity index (χ0v) is 14.8. The fourth-order valence-electron chi connectivity index (χ4n) is 2.43. The van der Waals surface area contributed by atoms with Crippen LogP contribution in [0.4, 0.5) is 0 Å². The van der Waals surface area contributed by atoms with E-state index in [1.165, 1.54) is 0 Å². The highest BCUT2D eigenvalue weighted by Crippen LogP contribution is 2.32. The van der Waals surface area contributed by atoms with E-state index in [1.807, 2.05) is 38.4 Å². The highest BCUT2D eigenvalue weighted by atomic mass is 16.8. The number of nitrogens with zero attached hydrogens (tertiary/aromatic N) is 2. The summed E-state index contributed by atoms with van der Waals surface area (Å²) in [5.41, 5.74) is 0. The summed E-state index contributed by atoms with van der Waals surface area (Å²) in [6, 6.07) is 7.75. The fourth-order valence-corrected chi connectivity index (χ4v) is 2.43. The summed E-state index contributed by atoms with van der Waals surface area (Å²) in [6.07, 6.45) is 3.61. The molecule has 0 saturated carbocycles. The Morgan fingerprint density at radius 3 is 1.65 bits per heavy atom. The second-order valence-corrected chi connectivity index (χ2v) is 6.10. The van der Waals surface area contributed by atoms with Gasteiger partial charge in [-0.3, -0.25) is 4.74 Å². The van der Waals surface area contributed by atoms with Crippen LogP contribution in [0.2, 0.25) is 0 Å². The second-order valence-electron chi connectivity index (χ2n) is 6.10. The van der Waals surface area contributed by atoms with E-state index in [2.05, 4.69) is 23.6 Å². The molecule has 2 rings (SSSR count). The Morgan fingerprint density at radius 1 is 0.826 bits per heavy atom. The lowest BCUT2D eigenvalue weighted by Crippen LogP contribution is -2.47. The van der Waals surface area contributed by atoms with E-state index in [0.717, 1.165) is 50.3 Å². The lowest BCUT2D eigenvalue weighted by Gasteiger charge is -2.31. The minimum Gasteiger partial charge on any atom is -0.447 e. The SMILES string of the molecule is CCCCN(C)C1Oc2ccccc2OC(N(C)CCCC)O1. The van der Waals surface area contributed by atoms with Crippen molar-refractivity contribution < 1.29 is 14.2 Å². The maximum Gasteiger partial charge on any atom is 0.266 e. The number of unbranched alkanes of at least 4 members (excludes halogenated alkanes) is 2. The number of fused-ring (bicyclic) bond motifs is 1. The molecule has 1 aliphatic heterocycles. The predicted octanol–water partition coefficient (Wildman–Crippen LogP) is 3.51. The van der Waals surface area contributed by atoms with E-state index < -0.39 is 12.8 Å². The van der Waals surface area contributed by atoms with Crippen molar-refractivity contribution in [2.24, 2.45) is 0 Å². The van der Waals surface area contributed by atoms with Crippen LogP contribution in [-0.2, 0) is 4.74 Å². The van der Waals surface area contributed by atoms with E-state index in [1.54, 1.807) is 0 Å². The summed E-state index contributed by atoms with van der Waals surface area (Å²) >= 11 is 0. The van der Waals surface area contributed by atoms with Gasteiger partial charge < -0.3 is 9.47 Å². The van der Waals surface area contributed by atoms with Crippen molar-refractivity contribution in [2.75, 3.05) is 27.2 Å². The summed E-state index contributed by atoms with van der Waals surface area (Å²) < 4.78 is 18.2. The molecule has 1 aromatic carbocycles. The van der Waals surface area contributed by atoms with E-state index in [-0.39, 0.29) is 0 Å². The third-order valence-electron chi connectivity index (χ3n) is 3.99. The molecule has 1 aromatic rings. The van der Waals surface area contributed by atoms with Gasteiger partial charge in [0.05, 0.1) is 0 Å². The number of rotatable bonds is 8. The highest BCUT2D eigenvalue weighted by molar-refractivity contribution is 5.39. The molecule has 0 N–H and O–H groups in total. The Morgan fingerprint density at radius 2 is 1.26 bits per heavy atom. The monoisotopic (exact) mass is 322 g/mol. The fraction of sp³-hybridized carbons (Fsp3) is 0.667. The Bertz CT molecular complexity index is 428. The summed E-state index contributed by atoms with van der Waals surface area (Å²) in [4.78, 5) is 4.19. The predicted molar refractivity (Wildman–Crippen MR) is 91.4 cm³/mol. The molecular formula is C18H30N2O3. The molecule has 0 radical (unpaired) electrons. The lowest BCUT2D eigenvalue weighted by molar-refractivity contribution is -0.268. The third-order valence-corrected chi connectivity index (χ3v) is 3.99. The first-order valence-electron chi connectivity index (χ1n) is 8.64. The van der Waals surface area contributed by atoms with Gasteiger partial charge in [-0.2, -0.15) is 0 Å². The van der Waals surface area contributed by atoms with E-state index in [9.17, 15) is 0 Å². The molecule has 0 bridgehead atoms. The van der Waals surface area contributed by atoms with Crippen molar-refractivity contribution in [3.63, 3.8) is 0 Å². The van der Waals surface area contributed by atoms with Crippen molar-refractivity contribution in [3.05, 3.63) is 24.3 Å². The van der Waals surface area contributed by atoms with Crippen molar-refractivity contribution in [1.82, 2.24) is 9.80 Å². The van der Waals surface area contributed by atoms with Crippen molar-refractivity contribution in [1.29, 1.82) is 0 Å². The first-order chi connectivity index (χ1) is 11.2. The van der Waals surface area contributed by atoms with Crippen LogP contribution in [0.5, 0.6) is 11.5 Å². The van der Waals surface area contributed by atoms with Gasteiger partial charge in [0.25, 0.3) is 12.8 Å². The molecule has 1 aliphatic rings. The molecule has 0 aliphatic carbocycles. The smallest absolute Gasteiger partial charge is 0.266 e. The summed E-state index contributed by atoms with van der Waals surface area (Å²) in [5.74, 6) is 1.46. The van der Waals surface area contributed by atoms with E-state index >= 15 is 0 Å². The standard InChI is InChI=1S/C18H30N2O3/c1-5-7-13-19(3)17-21-15-11-9-10-12-16(15)22-18(23-17)20(4)14-8-6-2/h9-12,17-18H,5-8,13-14H2,1-4H3. The van der Waals surface area contributed by atoms with Gasteiger partial charge in [0.1, 0.15) is 0 Å². The minimum absolute atomic E-state index is 0.445. The molecule has 130 valence electrons. The Balaban J connectivity index is 2.14. The summed E-state index contributed by atoms with van der Waals surface area (Å²) in [5, 5.41) is 0. The number of ether oxygens (including phenoxy) is 3. The average molecular weight is 322 g/mol. The van der Waals surface area contributed by atoms with Crippen LogP contribution in [0.15, 0.2) is 24.3 Å². The lowest BCUT2D eigenvalue weighted by atomic mass is 10.3. The van der Waals surface area contributed by atoms with Crippen LogP contribution < -0.4 is 9.47 Å². The summed E-state index contributed by atoms with van der Waals surface area (Å²) in [6.45, 7) is 6.22. The second kappa shape index (κ2) is 9.11. The van der Waals surface area contributed by atoms with E-state index in [0.29, 0.717) is 0 Å². The van der Waals surface area contributed by atoms with Crippen molar-refractivity contribution in [3.8, 4) is 11.5 Å². The van der Waals surface area contributed by atoms with Gasteiger partial charge in [0, 0.05) is 13.1 Å². The molecule has 0 spiro atoms. The third kappa shape index (κ3) is 5.09. The van der Waals surface area contributed by atoms with Crippen molar-refractivity contribution in [2.45, 2.75) is 52.4 Å². The maximum absolute atomic E-state index is 6.12. The first-order valence-corrected chi connectivity index (χ1v) is 8.64. The molecule has 0 aromatic heterocycles. The zero-order chi connectivity index (χ0) is 16.7. The zero-order valence-electron chi connectivity index (χ0n) is 14.8. The first kappa shape index (κ1) is 18.0. The number of hydrogen-bond acceptors (Lipinski definition) is 5. The maximum atomic E-state index is 6.12. The molecule has 23 heavy (non-hydrogen) atoms. The quantitative estimate of drug-likeness (QED) is 0.732. The molecular weight excluding hydrogens is 292 g/mol. The van der Waals surface area contributed by atoms with Gasteiger partial charge >= 0.3 is 0 Å². The van der Waals surface area contributed by atoms with Gasteiger partial charge in [0.2, 0.25) is 0 Å². The van der Waals surface area contributed by atoms with Crippen molar-refractivity contribution >= 4 is 0 Å². The summed E-state index contributed by atoms with van der Waals surface area (Å²) in [7, 11) is 4.05. The molecule has 2 unspecified atom stereocenters. The van der Waals surface area contributed by atoms with Crippen LogP contribution in [0, 0.1) is 0 Å². The molecule has 0 amide bonds. The number of benzene rings is 1. The minimum atomic E-state index is -0.445. The molecule has 1 heterocycles. The molecule has 5 heteroatoms. The molecule has 0 fully saturated rings.